The fourth-order valence-electron chi connectivity index (χ4n) is 2.20. The molecule has 0 bridgehead atoms. The lowest BCUT2D eigenvalue weighted by molar-refractivity contribution is -0.137. The minimum atomic E-state index is -4.48. The van der Waals surface area contributed by atoms with Gasteiger partial charge in [0.05, 0.1) is 11.3 Å². The number of halogens is 3. The van der Waals surface area contributed by atoms with Gasteiger partial charge < -0.3 is 0 Å². The van der Waals surface area contributed by atoms with Crippen LogP contribution in [-0.2, 0) is 11.0 Å². The molecule has 0 spiro atoms. The second-order valence-corrected chi connectivity index (χ2v) is 5.23. The highest BCUT2D eigenvalue weighted by Gasteiger charge is 2.33. The van der Waals surface area contributed by atoms with Crippen molar-refractivity contribution in [3.8, 4) is 0 Å². The van der Waals surface area contributed by atoms with Crippen molar-refractivity contribution in [2.24, 2.45) is 0 Å². The summed E-state index contributed by atoms with van der Waals surface area (Å²) < 4.78 is 38.6. The van der Waals surface area contributed by atoms with Crippen LogP contribution >= 0.6 is 0 Å². The fourth-order valence-corrected chi connectivity index (χ4v) is 2.20. The van der Waals surface area contributed by atoms with Gasteiger partial charge >= 0.3 is 6.18 Å². The van der Waals surface area contributed by atoms with E-state index in [4.69, 9.17) is 0 Å². The Balaban J connectivity index is 1.95. The molecule has 0 saturated carbocycles. The maximum atomic E-state index is 12.9. The van der Waals surface area contributed by atoms with E-state index in [1.54, 1.807) is 0 Å². The molecule has 2 rings (SSSR count). The van der Waals surface area contributed by atoms with Crippen molar-refractivity contribution in [2.45, 2.75) is 25.4 Å². The van der Waals surface area contributed by atoms with Gasteiger partial charge in [0.15, 0.2) is 0 Å². The Morgan fingerprint density at radius 1 is 1.04 bits per heavy atom. The molecule has 1 atom stereocenters. The molecule has 0 heterocycles. The molecule has 0 aliphatic heterocycles. The molecule has 0 radical (unpaired) electrons. The molecule has 0 fully saturated rings. The topological polar surface area (TPSA) is 41.1 Å². The maximum absolute atomic E-state index is 12.9. The van der Waals surface area contributed by atoms with Gasteiger partial charge in [0.2, 0.25) is 5.91 Å². The van der Waals surface area contributed by atoms with Gasteiger partial charge in [-0.15, -0.1) is 0 Å². The first-order chi connectivity index (χ1) is 10.9. The van der Waals surface area contributed by atoms with Crippen LogP contribution in [0.5, 0.6) is 0 Å². The third-order valence-electron chi connectivity index (χ3n) is 3.43. The maximum Gasteiger partial charge on any atom is 0.418 e. The highest BCUT2D eigenvalue weighted by molar-refractivity contribution is 5.78. The Bertz CT molecular complexity index is 656. The Hall–Kier alpha value is -2.50. The van der Waals surface area contributed by atoms with E-state index in [9.17, 15) is 18.0 Å². The third kappa shape index (κ3) is 4.74. The van der Waals surface area contributed by atoms with Crippen LogP contribution in [-0.4, -0.2) is 5.91 Å². The number of para-hydroxylation sites is 1. The van der Waals surface area contributed by atoms with Crippen LogP contribution in [0.15, 0.2) is 54.6 Å². The number of hydrazine groups is 1. The second-order valence-electron chi connectivity index (χ2n) is 5.23. The van der Waals surface area contributed by atoms with Crippen molar-refractivity contribution < 1.29 is 18.0 Å². The summed E-state index contributed by atoms with van der Waals surface area (Å²) in [5.74, 6) is -0.408. The van der Waals surface area contributed by atoms with E-state index in [0.29, 0.717) is 0 Å². The van der Waals surface area contributed by atoms with Crippen molar-refractivity contribution in [2.75, 3.05) is 5.43 Å². The largest absolute Gasteiger partial charge is 0.418 e. The lowest BCUT2D eigenvalue weighted by Crippen LogP contribution is -2.31. The number of hydrogen-bond acceptors (Lipinski definition) is 2. The summed E-state index contributed by atoms with van der Waals surface area (Å²) in [5, 5.41) is 0. The Labute approximate surface area is 132 Å². The average Bonchev–Trinajstić information content (AvgIpc) is 2.53. The Kier molecular flexibility index (Phi) is 5.26. The molecule has 3 nitrogen and oxygen atoms in total. The number of rotatable bonds is 5. The molecule has 0 aromatic heterocycles. The first-order valence-corrected chi connectivity index (χ1v) is 7.14. The molecule has 6 heteroatoms. The van der Waals surface area contributed by atoms with Crippen molar-refractivity contribution in [1.82, 2.24) is 5.43 Å². The summed E-state index contributed by atoms with van der Waals surface area (Å²) in [6.07, 6.45) is -4.31. The number of carbonyl (C=O) groups is 1. The summed E-state index contributed by atoms with van der Waals surface area (Å²) >= 11 is 0. The molecule has 2 aromatic carbocycles. The van der Waals surface area contributed by atoms with Crippen LogP contribution < -0.4 is 10.9 Å². The molecule has 122 valence electrons. The minimum Gasteiger partial charge on any atom is -0.298 e. The van der Waals surface area contributed by atoms with Crippen LogP contribution in [0.2, 0.25) is 0 Å². The van der Waals surface area contributed by atoms with Gasteiger partial charge in [0, 0.05) is 6.42 Å². The zero-order valence-corrected chi connectivity index (χ0v) is 12.5. The normalized spacial score (nSPS) is 12.5. The molecule has 2 N–H and O–H groups in total. The minimum absolute atomic E-state index is 0.0316. The van der Waals surface area contributed by atoms with Gasteiger partial charge in [-0.25, -0.2) is 0 Å². The van der Waals surface area contributed by atoms with E-state index in [-0.39, 0.29) is 23.9 Å². The summed E-state index contributed by atoms with van der Waals surface area (Å²) in [6.45, 7) is 1.89. The molecule has 1 amide bonds. The predicted octanol–water partition coefficient (Wildman–Crippen LogP) is 4.34. The van der Waals surface area contributed by atoms with Crippen molar-refractivity contribution >= 4 is 11.6 Å². The lowest BCUT2D eigenvalue weighted by atomic mass is 9.98. The average molecular weight is 322 g/mol. The first kappa shape index (κ1) is 16.9. The number of amides is 1. The van der Waals surface area contributed by atoms with Gasteiger partial charge in [0.1, 0.15) is 0 Å². The van der Waals surface area contributed by atoms with Crippen LogP contribution in [0.3, 0.4) is 0 Å². The first-order valence-electron chi connectivity index (χ1n) is 7.14. The molecule has 0 aliphatic rings. The van der Waals surface area contributed by atoms with Crippen molar-refractivity contribution in [3.05, 3.63) is 65.7 Å². The van der Waals surface area contributed by atoms with E-state index in [1.807, 2.05) is 37.3 Å². The SMILES string of the molecule is CC(CC(=O)NNc1ccccc1C(F)(F)F)c1ccccc1. The zero-order chi connectivity index (χ0) is 16.9. The summed E-state index contributed by atoms with van der Waals surface area (Å²) in [6, 6.07) is 14.4. The van der Waals surface area contributed by atoms with Gasteiger partial charge in [0.25, 0.3) is 0 Å². The smallest absolute Gasteiger partial charge is 0.298 e. The number of benzene rings is 2. The number of alkyl halides is 3. The number of carbonyl (C=O) groups excluding carboxylic acids is 1. The summed E-state index contributed by atoms with van der Waals surface area (Å²) in [7, 11) is 0. The van der Waals surface area contributed by atoms with Gasteiger partial charge in [-0.2, -0.15) is 13.2 Å². The standard InChI is InChI=1S/C17H17F3N2O/c1-12(13-7-3-2-4-8-13)11-16(23)22-21-15-10-6-5-9-14(15)17(18,19)20/h2-10,12,21H,11H2,1H3,(H,22,23). The van der Waals surface area contributed by atoms with Gasteiger partial charge in [-0.1, -0.05) is 49.4 Å². The van der Waals surface area contributed by atoms with Gasteiger partial charge in [-0.05, 0) is 23.6 Å². The molecular weight excluding hydrogens is 305 g/mol. The van der Waals surface area contributed by atoms with Crippen LogP contribution in [0, 0.1) is 0 Å². The van der Waals surface area contributed by atoms with E-state index in [0.717, 1.165) is 11.6 Å². The molecule has 2 aromatic rings. The van der Waals surface area contributed by atoms with Crippen LogP contribution in [0.1, 0.15) is 30.4 Å². The van der Waals surface area contributed by atoms with E-state index >= 15 is 0 Å². The van der Waals surface area contributed by atoms with E-state index < -0.39 is 11.7 Å². The molecule has 23 heavy (non-hydrogen) atoms. The summed E-state index contributed by atoms with van der Waals surface area (Å²) in [4.78, 5) is 11.9. The predicted molar refractivity (Wildman–Crippen MR) is 82.7 cm³/mol. The quantitative estimate of drug-likeness (QED) is 0.804. The van der Waals surface area contributed by atoms with Crippen molar-refractivity contribution in [1.29, 1.82) is 0 Å². The Morgan fingerprint density at radius 3 is 2.30 bits per heavy atom. The number of nitrogens with one attached hydrogen (secondary N) is 2. The van der Waals surface area contributed by atoms with Crippen LogP contribution in [0.4, 0.5) is 18.9 Å². The fraction of sp³-hybridized carbons (Fsp3) is 0.235. The Morgan fingerprint density at radius 2 is 1.65 bits per heavy atom. The van der Waals surface area contributed by atoms with Crippen LogP contribution in [0.25, 0.3) is 0 Å². The molecule has 0 aliphatic carbocycles. The van der Waals surface area contributed by atoms with E-state index in [1.165, 1.54) is 18.2 Å². The second kappa shape index (κ2) is 7.17. The summed E-state index contributed by atoms with van der Waals surface area (Å²) in [5.41, 5.74) is 4.68. The highest BCUT2D eigenvalue weighted by atomic mass is 19.4. The highest BCUT2D eigenvalue weighted by Crippen LogP contribution is 2.34. The molecule has 1 unspecified atom stereocenters. The zero-order valence-electron chi connectivity index (χ0n) is 12.5. The van der Waals surface area contributed by atoms with Crippen molar-refractivity contribution in [3.63, 3.8) is 0 Å². The number of hydrogen-bond donors (Lipinski definition) is 2. The lowest BCUT2D eigenvalue weighted by Gasteiger charge is -2.16. The van der Waals surface area contributed by atoms with Gasteiger partial charge in [-0.3, -0.25) is 15.6 Å². The third-order valence-corrected chi connectivity index (χ3v) is 3.43. The van der Waals surface area contributed by atoms with E-state index in [2.05, 4.69) is 10.9 Å². The monoisotopic (exact) mass is 322 g/mol. The number of anilines is 1. The molecular formula is C17H17F3N2O. The molecule has 0 saturated heterocycles.